The molecule has 0 aromatic carbocycles. The fourth-order valence-electron chi connectivity index (χ4n) is 0.977. The molecule has 8 nitrogen and oxygen atoms in total. The maximum absolute atomic E-state index is 10.6. The van der Waals surface area contributed by atoms with Gasteiger partial charge in [-0.2, -0.15) is 0 Å². The van der Waals surface area contributed by atoms with Crippen molar-refractivity contribution in [2.45, 2.75) is 19.4 Å². The van der Waals surface area contributed by atoms with E-state index in [-0.39, 0.29) is 12.6 Å². The maximum atomic E-state index is 10.6. The van der Waals surface area contributed by atoms with E-state index in [0.717, 1.165) is 5.01 Å². The third-order valence-electron chi connectivity index (χ3n) is 2.04. The van der Waals surface area contributed by atoms with Crippen molar-refractivity contribution in [3.8, 4) is 0 Å². The summed E-state index contributed by atoms with van der Waals surface area (Å²) in [6.07, 6.45) is 1.49. The number of carbonyl (C=O) groups excluding carboxylic acids is 1. The quantitative estimate of drug-likeness (QED) is 0.565. The van der Waals surface area contributed by atoms with Crippen molar-refractivity contribution in [3.63, 3.8) is 0 Å². The van der Waals surface area contributed by atoms with Gasteiger partial charge >= 0.3 is 5.97 Å². The highest BCUT2D eigenvalue weighted by Gasteiger charge is 2.16. The van der Waals surface area contributed by atoms with Gasteiger partial charge in [0.1, 0.15) is 10.9 Å². The molecule has 0 saturated heterocycles. The highest BCUT2D eigenvalue weighted by atomic mass is 32.1. The largest absolute Gasteiger partial charge is 0.480 e. The molecule has 2 unspecified atom stereocenters. The van der Waals surface area contributed by atoms with Crippen LogP contribution in [0.2, 0.25) is 0 Å². The molecular weight excluding hydrogens is 305 g/mol. The average molecular weight is 323 g/mol. The number of carboxylic acid groups (broad SMARTS) is 1. The molecule has 6 N–H and O–H groups in total. The van der Waals surface area contributed by atoms with Gasteiger partial charge in [0.15, 0.2) is 7.37 Å². The van der Waals surface area contributed by atoms with E-state index in [0.29, 0.717) is 4.88 Å². The molecule has 2 atom stereocenters. The standard InChI is InChI=1S/C5H6N2OS.C5H12NO4P/c1-3-7-2-4(9-3)5(6)8;1-11(9,10)3-2-4(6)5(7)8/h2H,1H3,(H2,6,8);4H,2-3,6H2,1H3,(H,7,8)(H,9,10). The lowest BCUT2D eigenvalue weighted by Crippen LogP contribution is -2.30. The molecule has 0 fully saturated rings. The number of carbonyl (C=O) groups is 2. The minimum Gasteiger partial charge on any atom is -0.480 e. The van der Waals surface area contributed by atoms with Crippen molar-refractivity contribution in [3.05, 3.63) is 16.1 Å². The number of aryl methyl sites for hydroxylation is 1. The average Bonchev–Trinajstić information content (AvgIpc) is 2.72. The van der Waals surface area contributed by atoms with Crippen molar-refractivity contribution in [1.29, 1.82) is 0 Å². The SMILES string of the molecule is CP(=O)(O)CCC(N)C(=O)O.Cc1ncc(C(N)=O)s1. The van der Waals surface area contributed by atoms with E-state index >= 15 is 0 Å². The lowest BCUT2D eigenvalue weighted by molar-refractivity contribution is -0.138. The number of rotatable bonds is 5. The first-order valence-electron chi connectivity index (χ1n) is 5.53. The van der Waals surface area contributed by atoms with Crippen molar-refractivity contribution in [2.24, 2.45) is 11.5 Å². The molecule has 1 aromatic rings. The highest BCUT2D eigenvalue weighted by Crippen LogP contribution is 2.35. The Hall–Kier alpha value is -1.28. The summed E-state index contributed by atoms with van der Waals surface area (Å²) in [6.45, 7) is 3.01. The minimum absolute atomic E-state index is 0.0412. The van der Waals surface area contributed by atoms with Crippen LogP contribution in [0, 0.1) is 6.92 Å². The molecule has 1 heterocycles. The summed E-state index contributed by atoms with van der Waals surface area (Å²) in [4.78, 5) is 33.7. The Morgan fingerprint density at radius 1 is 1.55 bits per heavy atom. The Labute approximate surface area is 120 Å². The van der Waals surface area contributed by atoms with Crippen LogP contribution in [0.5, 0.6) is 0 Å². The van der Waals surface area contributed by atoms with Gasteiger partial charge in [-0.05, 0) is 13.3 Å². The third-order valence-corrected chi connectivity index (χ3v) is 4.05. The molecule has 0 aliphatic carbocycles. The summed E-state index contributed by atoms with van der Waals surface area (Å²) < 4.78 is 10.6. The smallest absolute Gasteiger partial charge is 0.320 e. The molecule has 114 valence electrons. The van der Waals surface area contributed by atoms with Gasteiger partial charge < -0.3 is 21.5 Å². The molecule has 0 spiro atoms. The molecule has 1 amide bonds. The fourth-order valence-corrected chi connectivity index (χ4v) is 2.36. The van der Waals surface area contributed by atoms with Crippen LogP contribution in [0.15, 0.2) is 6.20 Å². The van der Waals surface area contributed by atoms with Gasteiger partial charge in [-0.25, -0.2) is 4.98 Å². The maximum Gasteiger partial charge on any atom is 0.320 e. The van der Waals surface area contributed by atoms with Crippen LogP contribution in [0.1, 0.15) is 21.1 Å². The Bertz CT molecular complexity index is 513. The Balaban J connectivity index is 0.000000367. The molecule has 0 bridgehead atoms. The monoisotopic (exact) mass is 323 g/mol. The third kappa shape index (κ3) is 8.76. The molecule has 20 heavy (non-hydrogen) atoms. The van der Waals surface area contributed by atoms with E-state index in [2.05, 4.69) is 4.98 Å². The molecule has 1 aromatic heterocycles. The predicted molar refractivity (Wildman–Crippen MR) is 76.2 cm³/mol. The van der Waals surface area contributed by atoms with Gasteiger partial charge in [-0.15, -0.1) is 11.3 Å². The Morgan fingerprint density at radius 3 is 2.35 bits per heavy atom. The molecule has 0 radical (unpaired) electrons. The van der Waals surface area contributed by atoms with Crippen LogP contribution >= 0.6 is 18.7 Å². The predicted octanol–water partition coefficient (Wildman–Crippen LogP) is 0.239. The number of nitrogens with zero attached hydrogens (tertiary/aromatic N) is 1. The molecule has 0 aliphatic heterocycles. The van der Waals surface area contributed by atoms with Crippen molar-refractivity contribution in [1.82, 2.24) is 4.98 Å². The number of hydrogen-bond acceptors (Lipinski definition) is 6. The molecule has 0 aliphatic rings. The van der Waals surface area contributed by atoms with Crippen LogP contribution in [0.3, 0.4) is 0 Å². The van der Waals surface area contributed by atoms with E-state index < -0.39 is 25.3 Å². The van der Waals surface area contributed by atoms with Crippen LogP contribution in [-0.4, -0.2) is 45.7 Å². The lowest BCUT2D eigenvalue weighted by Gasteiger charge is -2.07. The van der Waals surface area contributed by atoms with Crippen molar-refractivity contribution < 1.29 is 24.2 Å². The van der Waals surface area contributed by atoms with Crippen LogP contribution in [-0.2, 0) is 9.36 Å². The summed E-state index contributed by atoms with van der Waals surface area (Å²) in [5.74, 6) is -1.54. The zero-order valence-corrected chi connectivity index (χ0v) is 12.9. The van der Waals surface area contributed by atoms with Crippen molar-refractivity contribution in [2.75, 3.05) is 12.8 Å². The number of hydrogen-bond donors (Lipinski definition) is 4. The normalized spacial score (nSPS) is 14.6. The highest BCUT2D eigenvalue weighted by molar-refractivity contribution is 7.57. The van der Waals surface area contributed by atoms with Gasteiger partial charge in [0.25, 0.3) is 5.91 Å². The molecule has 10 heteroatoms. The first-order valence-corrected chi connectivity index (χ1v) is 8.63. The van der Waals surface area contributed by atoms with E-state index in [4.69, 9.17) is 21.5 Å². The van der Waals surface area contributed by atoms with Gasteiger partial charge in [-0.1, -0.05) is 0 Å². The zero-order valence-electron chi connectivity index (χ0n) is 11.1. The van der Waals surface area contributed by atoms with Gasteiger partial charge in [0, 0.05) is 12.8 Å². The number of aromatic nitrogens is 1. The summed E-state index contributed by atoms with van der Waals surface area (Å²) in [5.41, 5.74) is 10.1. The number of primary amides is 1. The van der Waals surface area contributed by atoms with Crippen molar-refractivity contribution >= 4 is 30.6 Å². The molecule has 0 saturated carbocycles. The van der Waals surface area contributed by atoms with Crippen LogP contribution in [0.4, 0.5) is 0 Å². The number of carboxylic acids is 1. The number of aliphatic carboxylic acids is 1. The molecular formula is C10H18N3O5PS. The van der Waals surface area contributed by atoms with Crippen LogP contribution < -0.4 is 11.5 Å². The number of thiazole rings is 1. The number of nitrogens with two attached hydrogens (primary N) is 2. The first-order chi connectivity index (χ1) is 9.03. The van der Waals surface area contributed by atoms with Gasteiger partial charge in [0.05, 0.1) is 11.2 Å². The lowest BCUT2D eigenvalue weighted by atomic mass is 10.2. The second-order valence-corrected chi connectivity index (χ2v) is 7.90. The minimum atomic E-state index is -3.10. The van der Waals surface area contributed by atoms with E-state index in [1.807, 2.05) is 6.92 Å². The zero-order chi connectivity index (χ0) is 15.9. The van der Waals surface area contributed by atoms with E-state index in [9.17, 15) is 14.2 Å². The van der Waals surface area contributed by atoms with Crippen LogP contribution in [0.25, 0.3) is 0 Å². The van der Waals surface area contributed by atoms with E-state index in [1.54, 1.807) is 0 Å². The topological polar surface area (TPSA) is 157 Å². The fraction of sp³-hybridized carbons (Fsp3) is 0.500. The Kier molecular flexibility index (Phi) is 7.59. The summed E-state index contributed by atoms with van der Waals surface area (Å²) in [7, 11) is -3.10. The second kappa shape index (κ2) is 8.11. The van der Waals surface area contributed by atoms with E-state index in [1.165, 1.54) is 24.2 Å². The second-order valence-electron chi connectivity index (χ2n) is 4.12. The number of amides is 1. The summed E-state index contributed by atoms with van der Waals surface area (Å²) in [5, 5.41) is 9.15. The molecule has 1 rings (SSSR count). The Morgan fingerprint density at radius 2 is 2.10 bits per heavy atom. The van der Waals surface area contributed by atoms with Gasteiger partial charge in [0.2, 0.25) is 0 Å². The first kappa shape index (κ1) is 18.7. The summed E-state index contributed by atoms with van der Waals surface area (Å²) in [6, 6.07) is -1.03. The van der Waals surface area contributed by atoms with Gasteiger partial charge in [-0.3, -0.25) is 14.2 Å². The summed E-state index contributed by atoms with van der Waals surface area (Å²) >= 11 is 1.31.